The van der Waals surface area contributed by atoms with Crippen molar-refractivity contribution in [2.24, 2.45) is 0 Å². The Kier molecular flexibility index (Phi) is 4.02. The molecular weight excluding hydrogens is 212 g/mol. The Morgan fingerprint density at radius 2 is 1.94 bits per heavy atom. The van der Waals surface area contributed by atoms with Gasteiger partial charge >= 0.3 is 0 Å². The predicted molar refractivity (Wildman–Crippen MR) is 70.3 cm³/mol. The number of benzene rings is 1. The SMILES string of the molecule is CC(Cc1cccc(O)c1)N1CCN(C)CC1. The summed E-state index contributed by atoms with van der Waals surface area (Å²) >= 11 is 0. The van der Waals surface area contributed by atoms with Crippen molar-refractivity contribution in [3.05, 3.63) is 29.8 Å². The van der Waals surface area contributed by atoms with E-state index in [2.05, 4.69) is 29.8 Å². The minimum atomic E-state index is 0.369. The normalized spacial score (nSPS) is 20.4. The van der Waals surface area contributed by atoms with E-state index in [0.717, 1.165) is 32.6 Å². The smallest absolute Gasteiger partial charge is 0.115 e. The van der Waals surface area contributed by atoms with Crippen LogP contribution in [0.5, 0.6) is 5.75 Å². The molecule has 1 heterocycles. The Hall–Kier alpha value is -1.06. The largest absolute Gasteiger partial charge is 0.508 e. The highest BCUT2D eigenvalue weighted by atomic mass is 16.3. The molecule has 0 aromatic heterocycles. The van der Waals surface area contributed by atoms with Gasteiger partial charge in [-0.25, -0.2) is 0 Å². The van der Waals surface area contributed by atoms with Crippen molar-refractivity contribution in [3.8, 4) is 5.75 Å². The summed E-state index contributed by atoms with van der Waals surface area (Å²) in [5.74, 6) is 0.369. The number of likely N-dealkylation sites (N-methyl/N-ethyl adjacent to an activating group) is 1. The minimum absolute atomic E-state index is 0.369. The number of rotatable bonds is 3. The number of hydrogen-bond acceptors (Lipinski definition) is 3. The van der Waals surface area contributed by atoms with Gasteiger partial charge < -0.3 is 10.0 Å². The highest BCUT2D eigenvalue weighted by Crippen LogP contribution is 2.15. The van der Waals surface area contributed by atoms with Crippen LogP contribution in [-0.4, -0.2) is 54.2 Å². The third-order valence-electron chi connectivity index (χ3n) is 3.60. The second-order valence-electron chi connectivity index (χ2n) is 5.06. The molecule has 0 aliphatic carbocycles. The summed E-state index contributed by atoms with van der Waals surface area (Å²) in [6.45, 7) is 6.89. The predicted octanol–water partition coefficient (Wildman–Crippen LogP) is 1.57. The highest BCUT2D eigenvalue weighted by molar-refractivity contribution is 5.27. The number of phenolic OH excluding ortho intramolecular Hbond substituents is 1. The summed E-state index contributed by atoms with van der Waals surface area (Å²) < 4.78 is 0. The van der Waals surface area contributed by atoms with Crippen LogP contribution in [0.15, 0.2) is 24.3 Å². The molecule has 3 heteroatoms. The third-order valence-corrected chi connectivity index (χ3v) is 3.60. The van der Waals surface area contributed by atoms with Gasteiger partial charge in [0.25, 0.3) is 0 Å². The summed E-state index contributed by atoms with van der Waals surface area (Å²) in [5, 5.41) is 9.45. The zero-order valence-corrected chi connectivity index (χ0v) is 10.8. The molecular formula is C14H22N2O. The topological polar surface area (TPSA) is 26.7 Å². The van der Waals surface area contributed by atoms with Gasteiger partial charge in [-0.15, -0.1) is 0 Å². The fraction of sp³-hybridized carbons (Fsp3) is 0.571. The second kappa shape index (κ2) is 5.52. The Morgan fingerprint density at radius 1 is 1.24 bits per heavy atom. The van der Waals surface area contributed by atoms with Gasteiger partial charge in [-0.05, 0) is 38.1 Å². The Labute approximate surface area is 104 Å². The van der Waals surface area contributed by atoms with Crippen LogP contribution in [0.25, 0.3) is 0 Å². The maximum absolute atomic E-state index is 9.45. The van der Waals surface area contributed by atoms with E-state index in [1.165, 1.54) is 5.56 Å². The molecule has 2 rings (SSSR count). The van der Waals surface area contributed by atoms with E-state index in [9.17, 15) is 5.11 Å². The fourth-order valence-electron chi connectivity index (χ4n) is 2.42. The molecule has 1 N–H and O–H groups in total. The molecule has 94 valence electrons. The van der Waals surface area contributed by atoms with Crippen molar-refractivity contribution in [2.75, 3.05) is 33.2 Å². The van der Waals surface area contributed by atoms with E-state index in [-0.39, 0.29) is 0 Å². The van der Waals surface area contributed by atoms with Crippen LogP contribution in [0, 0.1) is 0 Å². The summed E-state index contributed by atoms with van der Waals surface area (Å²) in [6, 6.07) is 8.15. The Balaban J connectivity index is 1.90. The number of piperazine rings is 1. The molecule has 0 bridgehead atoms. The third kappa shape index (κ3) is 3.45. The molecule has 17 heavy (non-hydrogen) atoms. The van der Waals surface area contributed by atoms with Gasteiger partial charge in [0.1, 0.15) is 5.75 Å². The lowest BCUT2D eigenvalue weighted by Crippen LogP contribution is -2.48. The molecule has 0 radical (unpaired) electrons. The van der Waals surface area contributed by atoms with Gasteiger partial charge in [-0.1, -0.05) is 12.1 Å². The number of phenols is 1. The summed E-state index contributed by atoms with van der Waals surface area (Å²) in [6.07, 6.45) is 1.01. The van der Waals surface area contributed by atoms with Crippen molar-refractivity contribution >= 4 is 0 Å². The van der Waals surface area contributed by atoms with Crippen molar-refractivity contribution < 1.29 is 5.11 Å². The fourth-order valence-corrected chi connectivity index (χ4v) is 2.42. The standard InChI is InChI=1S/C14H22N2O/c1-12(16-8-6-15(2)7-9-16)10-13-4-3-5-14(17)11-13/h3-5,11-12,17H,6-10H2,1-2H3. The molecule has 0 saturated carbocycles. The van der Waals surface area contributed by atoms with E-state index < -0.39 is 0 Å². The average Bonchev–Trinajstić information content (AvgIpc) is 2.29. The lowest BCUT2D eigenvalue weighted by molar-refractivity contribution is 0.118. The summed E-state index contributed by atoms with van der Waals surface area (Å²) in [7, 11) is 2.18. The molecule has 1 fully saturated rings. The molecule has 1 aliphatic heterocycles. The Morgan fingerprint density at radius 3 is 2.59 bits per heavy atom. The molecule has 3 nitrogen and oxygen atoms in total. The van der Waals surface area contributed by atoms with Crippen LogP contribution < -0.4 is 0 Å². The lowest BCUT2D eigenvalue weighted by Gasteiger charge is -2.36. The molecule has 0 spiro atoms. The van der Waals surface area contributed by atoms with Gasteiger partial charge in [0, 0.05) is 32.2 Å². The van der Waals surface area contributed by atoms with Crippen LogP contribution >= 0.6 is 0 Å². The average molecular weight is 234 g/mol. The van der Waals surface area contributed by atoms with Crippen molar-refractivity contribution in [1.29, 1.82) is 0 Å². The maximum Gasteiger partial charge on any atom is 0.115 e. The van der Waals surface area contributed by atoms with Gasteiger partial charge in [-0.3, -0.25) is 4.90 Å². The van der Waals surface area contributed by atoms with Gasteiger partial charge in [0.05, 0.1) is 0 Å². The van der Waals surface area contributed by atoms with E-state index in [1.54, 1.807) is 6.07 Å². The second-order valence-corrected chi connectivity index (χ2v) is 5.06. The quantitative estimate of drug-likeness (QED) is 0.860. The molecule has 1 aromatic carbocycles. The lowest BCUT2D eigenvalue weighted by atomic mass is 10.0. The summed E-state index contributed by atoms with van der Waals surface area (Å²) in [5.41, 5.74) is 1.22. The van der Waals surface area contributed by atoms with E-state index in [4.69, 9.17) is 0 Å². The van der Waals surface area contributed by atoms with Crippen LogP contribution in [0.1, 0.15) is 12.5 Å². The number of aromatic hydroxyl groups is 1. The molecule has 1 saturated heterocycles. The highest BCUT2D eigenvalue weighted by Gasteiger charge is 2.19. The first-order valence-corrected chi connectivity index (χ1v) is 6.35. The Bertz CT molecular complexity index is 359. The maximum atomic E-state index is 9.45. The van der Waals surface area contributed by atoms with Crippen LogP contribution in [0.3, 0.4) is 0 Å². The minimum Gasteiger partial charge on any atom is -0.508 e. The van der Waals surface area contributed by atoms with Gasteiger partial charge in [0.15, 0.2) is 0 Å². The monoisotopic (exact) mass is 234 g/mol. The van der Waals surface area contributed by atoms with Gasteiger partial charge in [0.2, 0.25) is 0 Å². The molecule has 1 aliphatic rings. The molecule has 1 unspecified atom stereocenters. The van der Waals surface area contributed by atoms with E-state index in [1.807, 2.05) is 12.1 Å². The van der Waals surface area contributed by atoms with Crippen LogP contribution in [-0.2, 0) is 6.42 Å². The van der Waals surface area contributed by atoms with Crippen molar-refractivity contribution in [2.45, 2.75) is 19.4 Å². The summed E-state index contributed by atoms with van der Waals surface area (Å²) in [4.78, 5) is 4.90. The van der Waals surface area contributed by atoms with Crippen molar-refractivity contribution in [1.82, 2.24) is 9.80 Å². The number of nitrogens with zero attached hydrogens (tertiary/aromatic N) is 2. The molecule has 1 aromatic rings. The first-order chi connectivity index (χ1) is 8.15. The number of hydrogen-bond donors (Lipinski definition) is 1. The zero-order valence-electron chi connectivity index (χ0n) is 10.8. The first-order valence-electron chi connectivity index (χ1n) is 6.35. The van der Waals surface area contributed by atoms with Crippen molar-refractivity contribution in [3.63, 3.8) is 0 Å². The molecule has 1 atom stereocenters. The van der Waals surface area contributed by atoms with Gasteiger partial charge in [-0.2, -0.15) is 0 Å². The van der Waals surface area contributed by atoms with E-state index in [0.29, 0.717) is 11.8 Å². The first kappa shape index (κ1) is 12.4. The van der Waals surface area contributed by atoms with Crippen LogP contribution in [0.2, 0.25) is 0 Å². The zero-order chi connectivity index (χ0) is 12.3. The van der Waals surface area contributed by atoms with Crippen LogP contribution in [0.4, 0.5) is 0 Å². The van der Waals surface area contributed by atoms with E-state index >= 15 is 0 Å². The molecule has 0 amide bonds.